The normalized spacial score (nSPS) is 19.1. The Morgan fingerprint density at radius 3 is 2.00 bits per heavy atom. The third kappa shape index (κ3) is 7.67. The van der Waals surface area contributed by atoms with Crippen LogP contribution in [0.2, 0.25) is 0 Å². The second kappa shape index (κ2) is 8.35. The molecule has 0 heterocycles. The van der Waals surface area contributed by atoms with Gasteiger partial charge in [-0.1, -0.05) is 46.5 Å². The van der Waals surface area contributed by atoms with Crippen LogP contribution in [-0.2, 0) is 9.59 Å². The smallest absolute Gasteiger partial charge is 0.224 e. The molecule has 24 heavy (non-hydrogen) atoms. The number of hydrogen-bond acceptors (Lipinski definition) is 2. The molecule has 4 heteroatoms. The molecule has 1 saturated carbocycles. The van der Waals surface area contributed by atoms with Crippen molar-refractivity contribution in [1.82, 2.24) is 5.32 Å². The molecular formula is C20H38N2O2. The van der Waals surface area contributed by atoms with E-state index in [0.717, 1.165) is 12.8 Å². The molecule has 0 aromatic rings. The Hall–Kier alpha value is -1.06. The van der Waals surface area contributed by atoms with Gasteiger partial charge in [-0.3, -0.25) is 9.59 Å². The van der Waals surface area contributed by atoms with Gasteiger partial charge in [0.05, 0.1) is 0 Å². The molecule has 2 unspecified atom stereocenters. The fourth-order valence-corrected chi connectivity index (χ4v) is 3.80. The number of primary amides is 1. The highest BCUT2D eigenvalue weighted by atomic mass is 16.2. The molecule has 0 aromatic heterocycles. The van der Waals surface area contributed by atoms with Crippen LogP contribution in [0.1, 0.15) is 86.5 Å². The maximum Gasteiger partial charge on any atom is 0.224 e. The van der Waals surface area contributed by atoms with Crippen LogP contribution >= 0.6 is 0 Å². The van der Waals surface area contributed by atoms with Gasteiger partial charge in [0.25, 0.3) is 0 Å². The van der Waals surface area contributed by atoms with Crippen molar-refractivity contribution in [1.29, 1.82) is 0 Å². The van der Waals surface area contributed by atoms with Crippen molar-refractivity contribution in [2.24, 2.45) is 28.9 Å². The lowest BCUT2D eigenvalue weighted by Crippen LogP contribution is -2.48. The lowest BCUT2D eigenvalue weighted by atomic mass is 9.75. The van der Waals surface area contributed by atoms with Gasteiger partial charge in [-0.15, -0.1) is 0 Å². The molecule has 0 aromatic carbocycles. The quantitative estimate of drug-likeness (QED) is 0.735. The summed E-state index contributed by atoms with van der Waals surface area (Å²) in [5.74, 6) is -0.373. The Kier molecular flexibility index (Phi) is 7.30. The maximum atomic E-state index is 12.9. The van der Waals surface area contributed by atoms with Gasteiger partial charge in [-0.2, -0.15) is 0 Å². The maximum absolute atomic E-state index is 12.9. The lowest BCUT2D eigenvalue weighted by Gasteiger charge is -2.33. The first-order chi connectivity index (χ1) is 10.9. The summed E-state index contributed by atoms with van der Waals surface area (Å²) < 4.78 is 0. The summed E-state index contributed by atoms with van der Waals surface area (Å²) in [7, 11) is 0. The van der Waals surface area contributed by atoms with Crippen LogP contribution in [0.4, 0.5) is 0 Å². The van der Waals surface area contributed by atoms with Crippen LogP contribution in [-0.4, -0.2) is 17.4 Å². The molecular weight excluding hydrogens is 300 g/mol. The standard InChI is InChI=1S/C20H38N2O2/c1-19(2,3)13-16(18(24)22-20(4,5)6)15(17(21)23)12-11-14-9-7-8-10-14/h14-16H,7-13H2,1-6H3,(H2,21,23)(H,22,24). The van der Waals surface area contributed by atoms with Crippen LogP contribution in [0.3, 0.4) is 0 Å². The van der Waals surface area contributed by atoms with E-state index in [4.69, 9.17) is 5.73 Å². The zero-order valence-corrected chi connectivity index (χ0v) is 16.6. The molecule has 0 saturated heterocycles. The Labute approximate surface area is 148 Å². The first-order valence-corrected chi connectivity index (χ1v) is 9.50. The summed E-state index contributed by atoms with van der Waals surface area (Å²) >= 11 is 0. The number of hydrogen-bond donors (Lipinski definition) is 2. The van der Waals surface area contributed by atoms with Crippen LogP contribution in [0.5, 0.6) is 0 Å². The number of nitrogens with one attached hydrogen (secondary N) is 1. The van der Waals surface area contributed by atoms with Crippen LogP contribution in [0, 0.1) is 23.2 Å². The Balaban J connectivity index is 2.88. The van der Waals surface area contributed by atoms with Gasteiger partial charge >= 0.3 is 0 Å². The van der Waals surface area contributed by atoms with Crippen molar-refractivity contribution in [2.75, 3.05) is 0 Å². The zero-order chi connectivity index (χ0) is 18.5. The molecule has 2 atom stereocenters. The summed E-state index contributed by atoms with van der Waals surface area (Å²) in [4.78, 5) is 25.0. The number of carbonyl (C=O) groups is 2. The predicted octanol–water partition coefficient (Wildman–Crippen LogP) is 4.03. The largest absolute Gasteiger partial charge is 0.369 e. The molecule has 2 amide bonds. The fraction of sp³-hybridized carbons (Fsp3) is 0.900. The first kappa shape index (κ1) is 21.0. The van der Waals surface area contributed by atoms with Crippen molar-refractivity contribution in [3.05, 3.63) is 0 Å². The molecule has 140 valence electrons. The monoisotopic (exact) mass is 338 g/mol. The highest BCUT2D eigenvalue weighted by Gasteiger charge is 2.36. The van der Waals surface area contributed by atoms with Gasteiger partial charge in [0.1, 0.15) is 0 Å². The second-order valence-electron chi connectivity index (χ2n) is 9.85. The van der Waals surface area contributed by atoms with Crippen LogP contribution < -0.4 is 11.1 Å². The van der Waals surface area contributed by atoms with E-state index in [1.165, 1.54) is 25.7 Å². The van der Waals surface area contributed by atoms with E-state index in [1.54, 1.807) is 0 Å². The minimum atomic E-state index is -0.368. The third-order valence-electron chi connectivity index (χ3n) is 4.88. The second-order valence-corrected chi connectivity index (χ2v) is 9.85. The van der Waals surface area contributed by atoms with E-state index < -0.39 is 0 Å². The number of amides is 2. The minimum absolute atomic E-state index is 0.0268. The molecule has 0 aliphatic heterocycles. The molecule has 0 radical (unpaired) electrons. The van der Waals surface area contributed by atoms with E-state index in [2.05, 4.69) is 26.1 Å². The van der Waals surface area contributed by atoms with E-state index in [-0.39, 0.29) is 34.6 Å². The first-order valence-electron chi connectivity index (χ1n) is 9.50. The predicted molar refractivity (Wildman–Crippen MR) is 99.3 cm³/mol. The summed E-state index contributed by atoms with van der Waals surface area (Å²) in [5, 5.41) is 3.06. The topological polar surface area (TPSA) is 72.2 Å². The Morgan fingerprint density at radius 2 is 1.58 bits per heavy atom. The van der Waals surface area contributed by atoms with Gasteiger partial charge < -0.3 is 11.1 Å². The van der Waals surface area contributed by atoms with Gasteiger partial charge in [0.2, 0.25) is 11.8 Å². The lowest BCUT2D eigenvalue weighted by molar-refractivity contribution is -0.135. The van der Waals surface area contributed by atoms with E-state index >= 15 is 0 Å². The van der Waals surface area contributed by atoms with Gasteiger partial charge in [-0.05, 0) is 51.4 Å². The van der Waals surface area contributed by atoms with Crippen LogP contribution in [0.25, 0.3) is 0 Å². The molecule has 1 rings (SSSR count). The molecule has 4 nitrogen and oxygen atoms in total. The number of carbonyl (C=O) groups excluding carboxylic acids is 2. The SMILES string of the molecule is CC(C)(C)CC(C(=O)NC(C)(C)C)C(CCC1CCCC1)C(N)=O. The molecule has 1 aliphatic carbocycles. The highest BCUT2D eigenvalue weighted by Crippen LogP contribution is 2.35. The molecule has 0 spiro atoms. The van der Waals surface area contributed by atoms with Crippen molar-refractivity contribution in [3.8, 4) is 0 Å². The van der Waals surface area contributed by atoms with Gasteiger partial charge in [0.15, 0.2) is 0 Å². The van der Waals surface area contributed by atoms with Crippen molar-refractivity contribution in [2.45, 2.75) is 92.0 Å². The molecule has 3 N–H and O–H groups in total. The Morgan fingerprint density at radius 1 is 1.04 bits per heavy atom. The van der Waals surface area contributed by atoms with Gasteiger partial charge in [0, 0.05) is 17.4 Å². The summed E-state index contributed by atoms with van der Waals surface area (Å²) in [6.07, 6.45) is 7.51. The zero-order valence-electron chi connectivity index (χ0n) is 16.6. The number of nitrogens with two attached hydrogens (primary N) is 1. The summed E-state index contributed by atoms with van der Waals surface area (Å²) in [5.41, 5.74) is 5.39. The van der Waals surface area contributed by atoms with E-state index in [0.29, 0.717) is 12.3 Å². The van der Waals surface area contributed by atoms with Crippen molar-refractivity contribution < 1.29 is 9.59 Å². The number of rotatable bonds is 7. The van der Waals surface area contributed by atoms with Crippen molar-refractivity contribution in [3.63, 3.8) is 0 Å². The summed E-state index contributed by atoms with van der Waals surface area (Å²) in [6, 6.07) is 0. The summed E-state index contributed by atoms with van der Waals surface area (Å²) in [6.45, 7) is 12.2. The fourth-order valence-electron chi connectivity index (χ4n) is 3.80. The third-order valence-corrected chi connectivity index (χ3v) is 4.88. The molecule has 1 aliphatic rings. The van der Waals surface area contributed by atoms with E-state index in [1.807, 2.05) is 20.8 Å². The van der Waals surface area contributed by atoms with Gasteiger partial charge in [-0.25, -0.2) is 0 Å². The van der Waals surface area contributed by atoms with Crippen LogP contribution in [0.15, 0.2) is 0 Å². The molecule has 1 fully saturated rings. The van der Waals surface area contributed by atoms with E-state index in [9.17, 15) is 9.59 Å². The average Bonchev–Trinajstić information content (AvgIpc) is 2.86. The minimum Gasteiger partial charge on any atom is -0.369 e. The average molecular weight is 339 g/mol. The molecule has 0 bridgehead atoms. The Bertz CT molecular complexity index is 426. The van der Waals surface area contributed by atoms with Crippen molar-refractivity contribution >= 4 is 11.8 Å². The highest BCUT2D eigenvalue weighted by molar-refractivity contribution is 5.87.